The van der Waals surface area contributed by atoms with Crippen molar-refractivity contribution in [3.05, 3.63) is 0 Å². The van der Waals surface area contributed by atoms with Crippen LogP contribution in [0.4, 0.5) is 0 Å². The minimum atomic E-state index is -4.33. The van der Waals surface area contributed by atoms with Gasteiger partial charge in [0, 0.05) is 0 Å². The van der Waals surface area contributed by atoms with Crippen molar-refractivity contribution in [3.63, 3.8) is 0 Å². The van der Waals surface area contributed by atoms with Crippen molar-refractivity contribution in [1.29, 1.82) is 0 Å². The van der Waals surface area contributed by atoms with Crippen molar-refractivity contribution in [3.8, 4) is 0 Å². The number of rotatable bonds is 2. The summed E-state index contributed by atoms with van der Waals surface area (Å²) in [5.41, 5.74) is 0. The van der Waals surface area contributed by atoms with Crippen LogP contribution < -0.4 is 0 Å². The molecule has 0 radical (unpaired) electrons. The predicted molar refractivity (Wildman–Crippen MR) is 31.4 cm³/mol. The van der Waals surface area contributed by atoms with E-state index in [1.165, 1.54) is 7.11 Å². The Balaban J connectivity index is 3.73. The van der Waals surface area contributed by atoms with Gasteiger partial charge in [0.2, 0.25) is 0 Å². The first-order chi connectivity index (χ1) is 3.31. The third kappa shape index (κ3) is 6.27. The summed E-state index contributed by atoms with van der Waals surface area (Å²) >= 11 is 0. The van der Waals surface area contributed by atoms with Crippen LogP contribution in [0.2, 0.25) is 0 Å². The summed E-state index contributed by atoms with van der Waals surface area (Å²) in [4.78, 5) is 25.8. The molecule has 0 unspecified atom stereocenters. The quantitative estimate of drug-likeness (QED) is 0.454. The third-order valence-corrected chi connectivity index (χ3v) is 1.29. The molecule has 0 aromatic rings. The first kappa shape index (κ1) is 8.27. The number of hydrogen-bond acceptors (Lipinski definition) is 4. The molecule has 0 spiro atoms. The maximum absolute atomic E-state index is 8.60. The van der Waals surface area contributed by atoms with Gasteiger partial charge >= 0.3 is 46.8 Å². The summed E-state index contributed by atoms with van der Waals surface area (Å²) in [6.07, 6.45) is -0.397. The Morgan fingerprint density at radius 3 is 1.75 bits per heavy atom. The van der Waals surface area contributed by atoms with Crippen LogP contribution in [0.1, 0.15) is 0 Å². The van der Waals surface area contributed by atoms with Gasteiger partial charge in [0.05, 0.1) is 0 Å². The fourth-order valence-corrected chi connectivity index (χ4v) is 0.907. The molecule has 0 atom stereocenters. The molecule has 0 heterocycles. The summed E-state index contributed by atoms with van der Waals surface area (Å²) in [5.74, 6) is 0. The van der Waals surface area contributed by atoms with E-state index >= 15 is 0 Å². The van der Waals surface area contributed by atoms with Crippen LogP contribution in [0.5, 0.6) is 0 Å². The van der Waals surface area contributed by atoms with Crippen LogP contribution in [-0.2, 0) is 4.74 Å². The molecule has 0 amide bonds. The number of hydrogen-bond donors (Lipinski definition) is 3. The van der Waals surface area contributed by atoms with Crippen molar-refractivity contribution in [1.82, 2.24) is 0 Å². The van der Waals surface area contributed by atoms with Gasteiger partial charge in [0.25, 0.3) is 0 Å². The Bertz CT molecular complexity index is 73.8. The van der Waals surface area contributed by atoms with Gasteiger partial charge in [-0.05, 0) is 0 Å². The molecule has 0 aromatic heterocycles. The molecule has 52 valence electrons. The predicted octanol–water partition coefficient (Wildman–Crippen LogP) is -0.505. The van der Waals surface area contributed by atoms with E-state index in [9.17, 15) is 0 Å². The van der Waals surface area contributed by atoms with E-state index in [1.807, 2.05) is 0 Å². The Morgan fingerprint density at radius 2 is 1.75 bits per heavy atom. The van der Waals surface area contributed by atoms with E-state index in [0.717, 1.165) is 6.66 Å². The van der Waals surface area contributed by atoms with E-state index in [-0.39, 0.29) is 0 Å². The van der Waals surface area contributed by atoms with Gasteiger partial charge in [0.1, 0.15) is 0 Å². The Hall–Kier alpha value is 0.270. The van der Waals surface area contributed by atoms with E-state index in [2.05, 4.69) is 4.74 Å². The second kappa shape index (κ2) is 1.90. The fourth-order valence-electron chi connectivity index (χ4n) is 0.302. The molecule has 0 saturated carbocycles. The zero-order valence-electron chi connectivity index (χ0n) is 4.90. The first-order valence-electron chi connectivity index (χ1n) is 2.06. The third-order valence-electron chi connectivity index (χ3n) is 0.431. The number of ether oxygens (including phenoxy) is 1. The average Bonchev–Trinajstić information content (AvgIpc) is 1.25. The zero-order valence-corrected chi connectivity index (χ0v) is 5.80. The monoisotopic (exact) mass is 142 g/mol. The van der Waals surface area contributed by atoms with Crippen LogP contribution in [0, 0.1) is 0 Å². The molecular weight excluding hydrogens is 131 g/mol. The molecular formula is C3H11O4P. The van der Waals surface area contributed by atoms with Gasteiger partial charge in [-0.2, -0.15) is 0 Å². The molecule has 0 aliphatic rings. The van der Waals surface area contributed by atoms with Crippen molar-refractivity contribution >= 4 is 7.28 Å². The standard InChI is InChI=1S/C3H11O4P/c1-7-3-8(2,4,5)6/h4-6H,3H2,1-2H3. The van der Waals surface area contributed by atoms with Crippen molar-refractivity contribution in [2.45, 2.75) is 0 Å². The van der Waals surface area contributed by atoms with E-state index < -0.39 is 13.6 Å². The normalized spacial score (nSPS) is 17.4. The second-order valence-corrected chi connectivity index (χ2v) is 5.50. The van der Waals surface area contributed by atoms with Crippen LogP contribution in [0.15, 0.2) is 0 Å². The van der Waals surface area contributed by atoms with Gasteiger partial charge in [0.15, 0.2) is 0 Å². The SMILES string of the molecule is COCP(C)(O)(O)O. The van der Waals surface area contributed by atoms with Crippen molar-refractivity contribution in [2.24, 2.45) is 0 Å². The van der Waals surface area contributed by atoms with Gasteiger partial charge in [-0.1, -0.05) is 0 Å². The summed E-state index contributed by atoms with van der Waals surface area (Å²) in [6, 6.07) is 0. The molecule has 0 aliphatic heterocycles. The second-order valence-electron chi connectivity index (χ2n) is 2.03. The van der Waals surface area contributed by atoms with Crippen LogP contribution in [0.3, 0.4) is 0 Å². The Morgan fingerprint density at radius 1 is 1.38 bits per heavy atom. The molecule has 0 saturated heterocycles. The summed E-state index contributed by atoms with van der Waals surface area (Å²) in [7, 11) is -3.04. The van der Waals surface area contributed by atoms with Gasteiger partial charge in [-0.25, -0.2) is 0 Å². The van der Waals surface area contributed by atoms with Gasteiger partial charge < -0.3 is 0 Å². The minimum absolute atomic E-state index is 0.397. The van der Waals surface area contributed by atoms with E-state index in [0.29, 0.717) is 0 Å². The van der Waals surface area contributed by atoms with Crippen LogP contribution in [0.25, 0.3) is 0 Å². The molecule has 0 rings (SSSR count). The fraction of sp³-hybridized carbons (Fsp3) is 1.00. The van der Waals surface area contributed by atoms with Gasteiger partial charge in [-0.3, -0.25) is 0 Å². The maximum atomic E-state index is 8.60. The molecule has 8 heavy (non-hydrogen) atoms. The first-order valence-corrected chi connectivity index (χ1v) is 4.79. The number of methoxy groups -OCH3 is 1. The van der Waals surface area contributed by atoms with Crippen LogP contribution >= 0.6 is 7.28 Å². The summed E-state index contributed by atoms with van der Waals surface area (Å²) in [6.45, 7) is 0.967. The Labute approximate surface area is 47.9 Å². The van der Waals surface area contributed by atoms with Gasteiger partial charge in [-0.15, -0.1) is 0 Å². The molecule has 0 fully saturated rings. The van der Waals surface area contributed by atoms with E-state index in [1.54, 1.807) is 0 Å². The van der Waals surface area contributed by atoms with Crippen LogP contribution in [-0.4, -0.2) is 34.8 Å². The van der Waals surface area contributed by atoms with E-state index in [4.69, 9.17) is 14.7 Å². The molecule has 4 nitrogen and oxygen atoms in total. The average molecular weight is 142 g/mol. The molecule has 5 heteroatoms. The molecule has 3 N–H and O–H groups in total. The van der Waals surface area contributed by atoms with Crippen molar-refractivity contribution in [2.75, 3.05) is 20.1 Å². The topological polar surface area (TPSA) is 69.9 Å². The molecule has 0 bridgehead atoms. The summed E-state index contributed by atoms with van der Waals surface area (Å²) in [5, 5.41) is 0. The Kier molecular flexibility index (Phi) is 1.96. The summed E-state index contributed by atoms with van der Waals surface area (Å²) < 4.78 is 4.32. The van der Waals surface area contributed by atoms with Crippen molar-refractivity contribution < 1.29 is 19.4 Å². The zero-order chi connectivity index (χ0) is 6.86. The molecule has 0 aromatic carbocycles. The molecule has 0 aliphatic carbocycles.